The Bertz CT molecular complexity index is 456. The monoisotopic (exact) mass is 264 g/mol. The highest BCUT2D eigenvalue weighted by molar-refractivity contribution is 7.13. The van der Waals surface area contributed by atoms with Crippen LogP contribution < -0.4 is 0 Å². The van der Waals surface area contributed by atoms with E-state index in [9.17, 15) is 4.79 Å². The molecular formula is C14H20N2OS. The van der Waals surface area contributed by atoms with Crippen LogP contribution in [0.4, 0.5) is 0 Å². The minimum absolute atomic E-state index is 0.236. The highest BCUT2D eigenvalue weighted by Crippen LogP contribution is 2.28. The van der Waals surface area contributed by atoms with E-state index in [-0.39, 0.29) is 5.91 Å². The molecule has 0 aromatic carbocycles. The Labute approximate surface area is 112 Å². The molecule has 4 heterocycles. The zero-order valence-electron chi connectivity index (χ0n) is 11.1. The maximum absolute atomic E-state index is 12.5. The largest absolute Gasteiger partial charge is 0.336 e. The van der Waals surface area contributed by atoms with Gasteiger partial charge < -0.3 is 9.80 Å². The Kier molecular flexibility index (Phi) is 3.16. The van der Waals surface area contributed by atoms with Gasteiger partial charge in [-0.15, -0.1) is 11.3 Å². The van der Waals surface area contributed by atoms with Gasteiger partial charge in [0.25, 0.3) is 5.91 Å². The highest BCUT2D eigenvalue weighted by Gasteiger charge is 2.35. The number of carbonyl (C=O) groups excluding carboxylic acids is 1. The molecule has 3 saturated heterocycles. The van der Waals surface area contributed by atoms with Gasteiger partial charge in [-0.3, -0.25) is 4.79 Å². The molecular weight excluding hydrogens is 244 g/mol. The minimum Gasteiger partial charge on any atom is -0.336 e. The van der Waals surface area contributed by atoms with Crippen LogP contribution in [0.3, 0.4) is 0 Å². The third-order valence-electron chi connectivity index (χ3n) is 4.23. The van der Waals surface area contributed by atoms with Crippen LogP contribution in [0.25, 0.3) is 0 Å². The lowest BCUT2D eigenvalue weighted by Gasteiger charge is -2.32. The first-order chi connectivity index (χ1) is 8.63. The fourth-order valence-corrected chi connectivity index (χ4v) is 4.02. The predicted octanol–water partition coefficient (Wildman–Crippen LogP) is 2.22. The Morgan fingerprint density at radius 3 is 2.78 bits per heavy atom. The molecule has 1 amide bonds. The Morgan fingerprint density at radius 1 is 1.28 bits per heavy atom. The van der Waals surface area contributed by atoms with Gasteiger partial charge in [0.05, 0.1) is 4.88 Å². The quantitative estimate of drug-likeness (QED) is 0.776. The summed E-state index contributed by atoms with van der Waals surface area (Å²) < 4.78 is 0. The zero-order chi connectivity index (χ0) is 12.7. The number of amides is 1. The van der Waals surface area contributed by atoms with Crippen molar-refractivity contribution in [3.05, 3.63) is 21.9 Å². The van der Waals surface area contributed by atoms with E-state index < -0.39 is 0 Å². The number of hydrogen-bond acceptors (Lipinski definition) is 3. The van der Waals surface area contributed by atoms with E-state index in [0.717, 1.165) is 24.5 Å². The number of thiophene rings is 1. The lowest BCUT2D eigenvalue weighted by Crippen LogP contribution is -2.41. The van der Waals surface area contributed by atoms with Crippen molar-refractivity contribution in [2.75, 3.05) is 26.7 Å². The molecule has 3 aliphatic heterocycles. The molecule has 0 spiro atoms. The molecule has 0 saturated carbocycles. The second-order valence-electron chi connectivity index (χ2n) is 5.66. The lowest BCUT2D eigenvalue weighted by atomic mass is 9.96. The van der Waals surface area contributed by atoms with Crippen LogP contribution in [0.15, 0.2) is 12.1 Å². The van der Waals surface area contributed by atoms with Crippen LogP contribution in [0.1, 0.15) is 27.4 Å². The van der Waals surface area contributed by atoms with Gasteiger partial charge in [0.15, 0.2) is 0 Å². The summed E-state index contributed by atoms with van der Waals surface area (Å²) in [7, 11) is 2.19. The number of fused-ring (bicyclic) bond motifs is 4. The summed E-state index contributed by atoms with van der Waals surface area (Å²) in [6.45, 7) is 5.05. The first-order valence-electron chi connectivity index (χ1n) is 6.69. The third kappa shape index (κ3) is 2.19. The first-order valence-corrected chi connectivity index (χ1v) is 7.51. The number of nitrogens with zero attached hydrogens (tertiary/aromatic N) is 2. The number of rotatable bonds is 1. The molecule has 0 unspecified atom stereocenters. The van der Waals surface area contributed by atoms with E-state index in [2.05, 4.69) is 23.8 Å². The van der Waals surface area contributed by atoms with Gasteiger partial charge in [-0.05, 0) is 44.9 Å². The summed E-state index contributed by atoms with van der Waals surface area (Å²) in [4.78, 5) is 19.1. The van der Waals surface area contributed by atoms with Crippen LogP contribution in [-0.4, -0.2) is 48.4 Å². The van der Waals surface area contributed by atoms with Crippen molar-refractivity contribution in [1.82, 2.24) is 9.80 Å². The third-order valence-corrected chi connectivity index (χ3v) is 5.21. The standard InChI is InChI=1S/C14H20N2OS/c1-10-3-6-13(18-10)14(17)16-8-11-4-5-12(9-16)15(2)7-11/h3,6,11-12H,4-5,7-9H2,1-2H3/t11-,12-/m1/s1. The van der Waals surface area contributed by atoms with Gasteiger partial charge in [0.1, 0.15) is 0 Å². The number of likely N-dealkylation sites (N-methyl/N-ethyl adjacent to an activating group) is 1. The smallest absolute Gasteiger partial charge is 0.263 e. The number of piperidine rings is 1. The molecule has 3 nitrogen and oxygen atoms in total. The molecule has 0 aliphatic carbocycles. The molecule has 0 N–H and O–H groups in total. The lowest BCUT2D eigenvalue weighted by molar-refractivity contribution is 0.0747. The highest BCUT2D eigenvalue weighted by atomic mass is 32.1. The van der Waals surface area contributed by atoms with Crippen molar-refractivity contribution in [2.45, 2.75) is 25.8 Å². The summed E-state index contributed by atoms with van der Waals surface area (Å²) in [6.07, 6.45) is 2.52. The van der Waals surface area contributed by atoms with Crippen molar-refractivity contribution in [2.24, 2.45) is 5.92 Å². The van der Waals surface area contributed by atoms with E-state index >= 15 is 0 Å². The normalized spacial score (nSPS) is 28.4. The number of hydrogen-bond donors (Lipinski definition) is 0. The van der Waals surface area contributed by atoms with Crippen molar-refractivity contribution < 1.29 is 4.79 Å². The minimum atomic E-state index is 0.236. The average Bonchev–Trinajstić information content (AvgIpc) is 2.59. The van der Waals surface area contributed by atoms with E-state index in [0.29, 0.717) is 12.0 Å². The van der Waals surface area contributed by atoms with Gasteiger partial charge in [-0.25, -0.2) is 0 Å². The van der Waals surface area contributed by atoms with Gasteiger partial charge in [-0.2, -0.15) is 0 Å². The molecule has 1 aromatic heterocycles. The second-order valence-corrected chi connectivity index (χ2v) is 6.95. The number of carbonyl (C=O) groups is 1. The van der Waals surface area contributed by atoms with Crippen molar-refractivity contribution in [1.29, 1.82) is 0 Å². The van der Waals surface area contributed by atoms with Crippen molar-refractivity contribution >= 4 is 17.2 Å². The Balaban J connectivity index is 1.79. The molecule has 2 atom stereocenters. The van der Waals surface area contributed by atoms with Crippen molar-refractivity contribution in [3.63, 3.8) is 0 Å². The molecule has 3 fully saturated rings. The van der Waals surface area contributed by atoms with Crippen LogP contribution in [-0.2, 0) is 0 Å². The first kappa shape index (κ1) is 12.2. The van der Waals surface area contributed by atoms with Gasteiger partial charge in [-0.1, -0.05) is 0 Å². The number of aryl methyl sites for hydroxylation is 1. The SMILES string of the molecule is Cc1ccc(C(=O)N2C[C@@H]3CC[C@H](C2)N(C)C3)s1. The Morgan fingerprint density at radius 2 is 2.11 bits per heavy atom. The topological polar surface area (TPSA) is 23.6 Å². The molecule has 0 radical (unpaired) electrons. The maximum Gasteiger partial charge on any atom is 0.263 e. The van der Waals surface area contributed by atoms with Crippen LogP contribution in [0.2, 0.25) is 0 Å². The second kappa shape index (κ2) is 4.67. The average molecular weight is 264 g/mol. The van der Waals surface area contributed by atoms with Gasteiger partial charge in [0, 0.05) is 30.6 Å². The summed E-state index contributed by atoms with van der Waals surface area (Å²) in [5, 5.41) is 0. The fourth-order valence-electron chi connectivity index (χ4n) is 3.19. The fraction of sp³-hybridized carbons (Fsp3) is 0.643. The molecule has 4 rings (SSSR count). The van der Waals surface area contributed by atoms with Crippen molar-refractivity contribution in [3.8, 4) is 0 Å². The summed E-state index contributed by atoms with van der Waals surface area (Å²) in [5.41, 5.74) is 0. The summed E-state index contributed by atoms with van der Waals surface area (Å²) in [6, 6.07) is 4.57. The van der Waals surface area contributed by atoms with Gasteiger partial charge >= 0.3 is 0 Å². The summed E-state index contributed by atoms with van der Waals surface area (Å²) >= 11 is 1.62. The van der Waals surface area contributed by atoms with Gasteiger partial charge in [0.2, 0.25) is 0 Å². The molecule has 4 heteroatoms. The Hall–Kier alpha value is -0.870. The molecule has 2 bridgehead atoms. The van der Waals surface area contributed by atoms with Crippen LogP contribution in [0.5, 0.6) is 0 Å². The molecule has 3 aliphatic rings. The molecule has 1 aromatic rings. The maximum atomic E-state index is 12.5. The predicted molar refractivity (Wildman–Crippen MR) is 74.1 cm³/mol. The van der Waals surface area contributed by atoms with Crippen LogP contribution in [0, 0.1) is 12.8 Å². The zero-order valence-corrected chi connectivity index (χ0v) is 11.9. The van der Waals surface area contributed by atoms with E-state index in [1.165, 1.54) is 17.7 Å². The van der Waals surface area contributed by atoms with E-state index in [4.69, 9.17) is 0 Å². The molecule has 18 heavy (non-hydrogen) atoms. The van der Waals surface area contributed by atoms with E-state index in [1.807, 2.05) is 12.1 Å². The molecule has 98 valence electrons. The summed E-state index contributed by atoms with van der Waals surface area (Å²) in [5.74, 6) is 0.902. The van der Waals surface area contributed by atoms with E-state index in [1.54, 1.807) is 11.3 Å². The van der Waals surface area contributed by atoms with Crippen LogP contribution >= 0.6 is 11.3 Å².